The molecule has 1 heterocycles. The van der Waals surface area contributed by atoms with Crippen LogP contribution in [0.4, 0.5) is 0 Å². The summed E-state index contributed by atoms with van der Waals surface area (Å²) in [7, 11) is 2.27. The molecule has 9 heteroatoms. The van der Waals surface area contributed by atoms with Gasteiger partial charge in [-0.15, -0.1) is 0 Å². The van der Waals surface area contributed by atoms with Gasteiger partial charge in [-0.25, -0.2) is 0 Å². The van der Waals surface area contributed by atoms with E-state index in [1.807, 2.05) is 0 Å². The van der Waals surface area contributed by atoms with Crippen molar-refractivity contribution in [2.24, 2.45) is 0 Å². The molecule has 0 aromatic heterocycles. The van der Waals surface area contributed by atoms with Crippen LogP contribution in [-0.2, 0) is 27.6 Å². The smallest absolute Gasteiger partial charge is 0.303 e. The topological polar surface area (TPSA) is 104 Å². The summed E-state index contributed by atoms with van der Waals surface area (Å²) in [6.45, 7) is 0.684. The second-order valence-electron chi connectivity index (χ2n) is 3.69. The highest BCUT2D eigenvalue weighted by Gasteiger charge is 2.65. The minimum absolute atomic E-state index is 0.443. The average molecular weight is 331 g/mol. The lowest BCUT2D eigenvalue weighted by Crippen LogP contribution is -2.72. The molecule has 8 nitrogen and oxygen atoms in total. The zero-order chi connectivity index (χ0) is 14.0. The molecule has 0 radical (unpaired) electrons. The SMILES string of the molecule is CO[C@@]1(O)[C@@H](OC(C)=O)[C@@H](OBr)OC[C@]1(O)OC. The van der Waals surface area contributed by atoms with Crippen molar-refractivity contribution in [2.75, 3.05) is 20.8 Å². The molecule has 1 rings (SSSR count). The summed E-state index contributed by atoms with van der Waals surface area (Å²) in [5.41, 5.74) is 0. The van der Waals surface area contributed by atoms with Gasteiger partial charge in [0.05, 0.1) is 0 Å². The molecule has 18 heavy (non-hydrogen) atoms. The fraction of sp³-hybridized carbons (Fsp3) is 0.889. The second kappa shape index (κ2) is 5.78. The molecule has 0 saturated carbocycles. The van der Waals surface area contributed by atoms with Crippen molar-refractivity contribution in [2.45, 2.75) is 30.9 Å². The van der Waals surface area contributed by atoms with E-state index in [2.05, 4.69) is 16.3 Å². The van der Waals surface area contributed by atoms with Crippen molar-refractivity contribution < 1.29 is 37.8 Å². The van der Waals surface area contributed by atoms with Gasteiger partial charge in [-0.05, 0) is 0 Å². The maximum Gasteiger partial charge on any atom is 0.303 e. The summed E-state index contributed by atoms with van der Waals surface area (Å²) >= 11 is 2.68. The number of aliphatic hydroxyl groups is 2. The van der Waals surface area contributed by atoms with Crippen molar-refractivity contribution in [1.82, 2.24) is 0 Å². The summed E-state index contributed by atoms with van der Waals surface area (Å²) < 4.78 is 24.3. The predicted molar refractivity (Wildman–Crippen MR) is 59.2 cm³/mol. The Morgan fingerprint density at radius 2 is 2.00 bits per heavy atom. The molecule has 0 spiro atoms. The molecule has 0 unspecified atom stereocenters. The van der Waals surface area contributed by atoms with Crippen LogP contribution in [-0.4, -0.2) is 61.0 Å². The van der Waals surface area contributed by atoms with Gasteiger partial charge in [0.2, 0.25) is 18.2 Å². The van der Waals surface area contributed by atoms with Crippen molar-refractivity contribution in [1.29, 1.82) is 0 Å². The van der Waals surface area contributed by atoms with Crippen LogP contribution < -0.4 is 0 Å². The monoisotopic (exact) mass is 330 g/mol. The zero-order valence-electron chi connectivity index (χ0n) is 10.1. The van der Waals surface area contributed by atoms with Crippen molar-refractivity contribution in [3.8, 4) is 0 Å². The summed E-state index contributed by atoms with van der Waals surface area (Å²) in [4.78, 5) is 11.0. The third-order valence-corrected chi connectivity index (χ3v) is 3.03. The van der Waals surface area contributed by atoms with Crippen molar-refractivity contribution in [3.63, 3.8) is 0 Å². The number of rotatable bonds is 4. The first-order valence-corrected chi connectivity index (χ1v) is 5.60. The number of methoxy groups -OCH3 is 2. The predicted octanol–water partition coefficient (Wildman–Crippen LogP) is -0.729. The fourth-order valence-electron chi connectivity index (χ4n) is 1.66. The van der Waals surface area contributed by atoms with Crippen LogP contribution in [0.3, 0.4) is 0 Å². The lowest BCUT2D eigenvalue weighted by molar-refractivity contribution is -0.451. The number of halogens is 1. The summed E-state index contributed by atoms with van der Waals surface area (Å²) in [5, 5.41) is 20.5. The maximum absolute atomic E-state index is 11.0. The highest BCUT2D eigenvalue weighted by molar-refractivity contribution is 9.06. The third-order valence-electron chi connectivity index (χ3n) is 2.67. The number of ether oxygens (including phenoxy) is 4. The van der Waals surface area contributed by atoms with Gasteiger partial charge in [0.25, 0.3) is 5.79 Å². The lowest BCUT2D eigenvalue weighted by Gasteiger charge is -2.49. The van der Waals surface area contributed by atoms with E-state index in [1.54, 1.807) is 0 Å². The molecule has 1 saturated heterocycles. The van der Waals surface area contributed by atoms with Gasteiger partial charge >= 0.3 is 5.97 Å². The molecule has 1 aliphatic rings. The second-order valence-corrected chi connectivity index (χ2v) is 4.06. The van der Waals surface area contributed by atoms with Gasteiger partial charge in [0.1, 0.15) is 22.9 Å². The first-order chi connectivity index (χ1) is 8.34. The normalized spacial score (nSPS) is 40.6. The van der Waals surface area contributed by atoms with Gasteiger partial charge in [0, 0.05) is 21.1 Å². The van der Waals surface area contributed by atoms with Crippen LogP contribution >= 0.6 is 16.3 Å². The van der Waals surface area contributed by atoms with E-state index >= 15 is 0 Å². The largest absolute Gasteiger partial charge is 0.451 e. The fourth-order valence-corrected chi connectivity index (χ4v) is 1.96. The van der Waals surface area contributed by atoms with Gasteiger partial charge < -0.3 is 29.2 Å². The van der Waals surface area contributed by atoms with E-state index < -0.39 is 36.5 Å². The van der Waals surface area contributed by atoms with E-state index in [1.165, 1.54) is 0 Å². The minimum atomic E-state index is -2.34. The average Bonchev–Trinajstić information content (AvgIpc) is 2.35. The summed E-state index contributed by atoms with van der Waals surface area (Å²) in [5.74, 6) is -5.26. The van der Waals surface area contributed by atoms with Gasteiger partial charge in [0.15, 0.2) is 0 Å². The number of hydrogen-bond acceptors (Lipinski definition) is 8. The molecule has 1 fully saturated rings. The number of hydrogen-bond donors (Lipinski definition) is 2. The summed E-state index contributed by atoms with van der Waals surface area (Å²) in [6, 6.07) is 0. The van der Waals surface area contributed by atoms with Crippen LogP contribution in [0.15, 0.2) is 0 Å². The van der Waals surface area contributed by atoms with Crippen LogP contribution in [0, 0.1) is 0 Å². The Morgan fingerprint density at radius 1 is 1.39 bits per heavy atom. The first kappa shape index (κ1) is 15.8. The van der Waals surface area contributed by atoms with E-state index in [0.717, 1.165) is 21.1 Å². The first-order valence-electron chi connectivity index (χ1n) is 4.96. The molecule has 0 bridgehead atoms. The Labute approximate surface area is 112 Å². The molecule has 0 amide bonds. The lowest BCUT2D eigenvalue weighted by atomic mass is 9.96. The number of carbonyl (C=O) groups excluding carboxylic acids is 1. The molecule has 2 N–H and O–H groups in total. The molecule has 0 aromatic carbocycles. The zero-order valence-corrected chi connectivity index (χ0v) is 11.7. The highest BCUT2D eigenvalue weighted by Crippen LogP contribution is 2.37. The maximum atomic E-state index is 11.0. The molecule has 0 aromatic rings. The Bertz CT molecular complexity index is 313. The Morgan fingerprint density at radius 3 is 2.39 bits per heavy atom. The standard InChI is InChI=1S/C9H15BrO8/c1-5(11)17-6-7(18-10)16-4-8(12,14-2)9(6,13)15-3/h6-7,12-13H,4H2,1-3H3/t6-,7+,8-,9-/m0/s1. The molecule has 0 aliphatic carbocycles. The number of carbonyl (C=O) groups is 1. The summed E-state index contributed by atoms with van der Waals surface area (Å²) in [6.07, 6.45) is -2.62. The quantitative estimate of drug-likeness (QED) is 0.513. The van der Waals surface area contributed by atoms with Crippen LogP contribution in [0.1, 0.15) is 6.92 Å². The third kappa shape index (κ3) is 2.52. The highest BCUT2D eigenvalue weighted by atomic mass is 79.9. The van der Waals surface area contributed by atoms with Crippen molar-refractivity contribution in [3.05, 3.63) is 0 Å². The minimum Gasteiger partial charge on any atom is -0.451 e. The number of esters is 1. The van der Waals surface area contributed by atoms with Gasteiger partial charge in [-0.2, -0.15) is 0 Å². The van der Waals surface area contributed by atoms with E-state index in [-0.39, 0.29) is 0 Å². The molecule has 4 atom stereocenters. The molecular weight excluding hydrogens is 316 g/mol. The van der Waals surface area contributed by atoms with Gasteiger partial charge in [-0.3, -0.25) is 8.62 Å². The van der Waals surface area contributed by atoms with Crippen LogP contribution in [0.2, 0.25) is 0 Å². The Hall–Kier alpha value is -0.290. The van der Waals surface area contributed by atoms with Crippen LogP contribution in [0.25, 0.3) is 0 Å². The Balaban J connectivity index is 3.12. The van der Waals surface area contributed by atoms with Gasteiger partial charge in [-0.1, -0.05) is 0 Å². The van der Waals surface area contributed by atoms with E-state index in [4.69, 9.17) is 22.8 Å². The Kier molecular flexibility index (Phi) is 5.06. The van der Waals surface area contributed by atoms with E-state index in [9.17, 15) is 15.0 Å². The molecule has 106 valence electrons. The van der Waals surface area contributed by atoms with E-state index in [0.29, 0.717) is 0 Å². The van der Waals surface area contributed by atoms with Crippen molar-refractivity contribution >= 4 is 22.2 Å². The molecular formula is C9H15BrO8. The molecule has 1 aliphatic heterocycles. The van der Waals surface area contributed by atoms with Crippen LogP contribution in [0.5, 0.6) is 0 Å².